The average Bonchev–Trinajstić information content (AvgIpc) is 2.28. The monoisotopic (exact) mass is 224 g/mol. The summed E-state index contributed by atoms with van der Waals surface area (Å²) < 4.78 is 23.3. The van der Waals surface area contributed by atoms with E-state index in [1.54, 1.807) is 0 Å². The summed E-state index contributed by atoms with van der Waals surface area (Å²) in [5, 5.41) is 1.09. The van der Waals surface area contributed by atoms with Gasteiger partial charge in [-0.1, -0.05) is 6.58 Å². The molecule has 0 N–H and O–H groups in total. The third-order valence-electron chi connectivity index (χ3n) is 2.57. The second-order valence-electron chi connectivity index (χ2n) is 3.52. The molecule has 1 aromatic heterocycles. The SMILES string of the molecule is C=CS(=O)(=O)c1ncnc2c1CCCC2. The van der Waals surface area contributed by atoms with Crippen molar-refractivity contribution in [1.82, 2.24) is 9.97 Å². The molecule has 0 bridgehead atoms. The van der Waals surface area contributed by atoms with Crippen LogP contribution >= 0.6 is 0 Å². The van der Waals surface area contributed by atoms with Gasteiger partial charge in [0.2, 0.25) is 9.84 Å². The minimum atomic E-state index is -3.43. The molecule has 1 aromatic rings. The molecule has 4 nitrogen and oxygen atoms in total. The lowest BCUT2D eigenvalue weighted by Gasteiger charge is -2.15. The van der Waals surface area contributed by atoms with Crippen LogP contribution in [0.1, 0.15) is 24.1 Å². The van der Waals surface area contributed by atoms with E-state index in [4.69, 9.17) is 0 Å². The molecule has 0 fully saturated rings. The highest BCUT2D eigenvalue weighted by Crippen LogP contribution is 2.24. The van der Waals surface area contributed by atoms with Crippen LogP contribution < -0.4 is 0 Å². The first-order chi connectivity index (χ1) is 7.15. The smallest absolute Gasteiger partial charge is 0.216 e. The number of rotatable bonds is 2. The van der Waals surface area contributed by atoms with Gasteiger partial charge in [-0.25, -0.2) is 18.4 Å². The van der Waals surface area contributed by atoms with Crippen molar-refractivity contribution in [3.8, 4) is 0 Å². The van der Waals surface area contributed by atoms with Crippen molar-refractivity contribution < 1.29 is 8.42 Å². The summed E-state index contributed by atoms with van der Waals surface area (Å²) in [6, 6.07) is 0. The van der Waals surface area contributed by atoms with Gasteiger partial charge in [-0.05, 0) is 25.7 Å². The van der Waals surface area contributed by atoms with Crippen molar-refractivity contribution in [2.24, 2.45) is 0 Å². The summed E-state index contributed by atoms with van der Waals surface area (Å²) in [5.74, 6) is 0. The van der Waals surface area contributed by atoms with E-state index in [-0.39, 0.29) is 5.03 Å². The van der Waals surface area contributed by atoms with Crippen molar-refractivity contribution in [3.05, 3.63) is 29.6 Å². The number of sulfone groups is 1. The predicted octanol–water partition coefficient (Wildman–Crippen LogP) is 1.27. The molecule has 0 saturated carbocycles. The molecule has 15 heavy (non-hydrogen) atoms. The summed E-state index contributed by atoms with van der Waals surface area (Å²) in [6.45, 7) is 3.31. The number of aromatic nitrogens is 2. The van der Waals surface area contributed by atoms with Crippen LogP contribution in [0.5, 0.6) is 0 Å². The number of aryl methyl sites for hydroxylation is 1. The fourth-order valence-corrected chi connectivity index (χ4v) is 2.73. The number of hydrogen-bond donors (Lipinski definition) is 0. The van der Waals surface area contributed by atoms with E-state index in [1.807, 2.05) is 0 Å². The van der Waals surface area contributed by atoms with Crippen molar-refractivity contribution >= 4 is 9.84 Å². The Labute approximate surface area is 89.0 Å². The first kappa shape index (κ1) is 10.3. The zero-order valence-corrected chi connectivity index (χ0v) is 9.13. The van der Waals surface area contributed by atoms with Crippen molar-refractivity contribution in [1.29, 1.82) is 0 Å². The molecule has 0 spiro atoms. The Bertz CT molecular complexity index is 494. The molecule has 0 saturated heterocycles. The highest BCUT2D eigenvalue weighted by molar-refractivity contribution is 7.94. The van der Waals surface area contributed by atoms with Gasteiger partial charge in [-0.15, -0.1) is 0 Å². The van der Waals surface area contributed by atoms with Crippen LogP contribution in [0.15, 0.2) is 23.3 Å². The summed E-state index contributed by atoms with van der Waals surface area (Å²) in [5.41, 5.74) is 1.65. The lowest BCUT2D eigenvalue weighted by molar-refractivity contribution is 0.590. The van der Waals surface area contributed by atoms with E-state index >= 15 is 0 Å². The minimum Gasteiger partial charge on any atom is -0.241 e. The first-order valence-corrected chi connectivity index (χ1v) is 6.40. The van der Waals surface area contributed by atoms with Gasteiger partial charge < -0.3 is 0 Å². The van der Waals surface area contributed by atoms with Gasteiger partial charge in [0.25, 0.3) is 0 Å². The maximum Gasteiger partial charge on any atom is 0.216 e. The topological polar surface area (TPSA) is 59.9 Å². The molecular formula is C10H12N2O2S. The molecule has 0 radical (unpaired) electrons. The van der Waals surface area contributed by atoms with Crippen LogP contribution in [0.25, 0.3) is 0 Å². The normalized spacial score (nSPS) is 15.7. The predicted molar refractivity (Wildman–Crippen MR) is 56.1 cm³/mol. The van der Waals surface area contributed by atoms with Gasteiger partial charge in [0, 0.05) is 16.7 Å². The van der Waals surface area contributed by atoms with E-state index < -0.39 is 9.84 Å². The summed E-state index contributed by atoms with van der Waals surface area (Å²) in [4.78, 5) is 7.98. The quantitative estimate of drug-likeness (QED) is 0.710. The summed E-state index contributed by atoms with van der Waals surface area (Å²) in [6.07, 6.45) is 4.98. The standard InChI is InChI=1S/C10H12N2O2S/c1-2-15(13,14)10-8-5-3-4-6-9(8)11-7-12-10/h2,7H,1,3-6H2. The van der Waals surface area contributed by atoms with Crippen LogP contribution in [0.3, 0.4) is 0 Å². The van der Waals surface area contributed by atoms with Crippen LogP contribution in [0.4, 0.5) is 0 Å². The van der Waals surface area contributed by atoms with Crippen LogP contribution in [0, 0.1) is 0 Å². The average molecular weight is 224 g/mol. The largest absolute Gasteiger partial charge is 0.241 e. The Morgan fingerprint density at radius 3 is 2.73 bits per heavy atom. The van der Waals surface area contributed by atoms with E-state index in [2.05, 4.69) is 16.5 Å². The van der Waals surface area contributed by atoms with Crippen LogP contribution in [-0.2, 0) is 22.7 Å². The molecule has 0 amide bonds. The van der Waals surface area contributed by atoms with Gasteiger partial charge in [0.05, 0.1) is 0 Å². The first-order valence-electron chi connectivity index (χ1n) is 4.85. The highest BCUT2D eigenvalue weighted by Gasteiger charge is 2.22. The molecule has 80 valence electrons. The van der Waals surface area contributed by atoms with Crippen LogP contribution in [0.2, 0.25) is 0 Å². The molecule has 1 aliphatic rings. The van der Waals surface area contributed by atoms with E-state index in [0.717, 1.165) is 42.3 Å². The Hall–Kier alpha value is -1.23. The fraction of sp³-hybridized carbons (Fsp3) is 0.400. The lowest BCUT2D eigenvalue weighted by atomic mass is 9.98. The summed E-state index contributed by atoms with van der Waals surface area (Å²) >= 11 is 0. The molecule has 1 heterocycles. The molecule has 0 aliphatic heterocycles. The van der Waals surface area contributed by atoms with Gasteiger partial charge in [-0.2, -0.15) is 0 Å². The van der Waals surface area contributed by atoms with Gasteiger partial charge in [0.1, 0.15) is 6.33 Å². The molecule has 0 aromatic carbocycles. The van der Waals surface area contributed by atoms with E-state index in [1.165, 1.54) is 6.33 Å². The molecule has 0 unspecified atom stereocenters. The third kappa shape index (κ3) is 1.79. The fourth-order valence-electron chi connectivity index (χ4n) is 1.82. The Balaban J connectivity index is 2.63. The van der Waals surface area contributed by atoms with E-state index in [9.17, 15) is 8.42 Å². The number of nitrogens with zero attached hydrogens (tertiary/aromatic N) is 2. The maximum atomic E-state index is 11.7. The second kappa shape index (κ2) is 3.73. The Kier molecular flexibility index (Phi) is 2.56. The molecule has 0 atom stereocenters. The lowest BCUT2D eigenvalue weighted by Crippen LogP contribution is -2.13. The minimum absolute atomic E-state index is 0.141. The molecule has 5 heteroatoms. The van der Waals surface area contributed by atoms with Gasteiger partial charge in [-0.3, -0.25) is 0 Å². The third-order valence-corrected chi connectivity index (χ3v) is 3.90. The zero-order chi connectivity index (χ0) is 10.9. The number of hydrogen-bond acceptors (Lipinski definition) is 4. The van der Waals surface area contributed by atoms with E-state index in [0.29, 0.717) is 0 Å². The highest BCUT2D eigenvalue weighted by atomic mass is 32.2. The van der Waals surface area contributed by atoms with Crippen molar-refractivity contribution in [2.45, 2.75) is 30.7 Å². The molecule has 2 rings (SSSR count). The Morgan fingerprint density at radius 1 is 1.27 bits per heavy atom. The van der Waals surface area contributed by atoms with Crippen molar-refractivity contribution in [3.63, 3.8) is 0 Å². The van der Waals surface area contributed by atoms with Gasteiger partial charge in [0.15, 0.2) is 5.03 Å². The Morgan fingerprint density at radius 2 is 2.00 bits per heavy atom. The van der Waals surface area contributed by atoms with Crippen molar-refractivity contribution in [2.75, 3.05) is 0 Å². The summed E-state index contributed by atoms with van der Waals surface area (Å²) in [7, 11) is -3.43. The second-order valence-corrected chi connectivity index (χ2v) is 5.33. The van der Waals surface area contributed by atoms with Crippen LogP contribution in [-0.4, -0.2) is 18.4 Å². The molecular weight excluding hydrogens is 212 g/mol. The number of fused-ring (bicyclic) bond motifs is 1. The maximum absolute atomic E-state index is 11.7. The van der Waals surface area contributed by atoms with Gasteiger partial charge >= 0.3 is 0 Å². The zero-order valence-electron chi connectivity index (χ0n) is 8.31. The molecule has 1 aliphatic carbocycles.